The first-order valence-electron chi connectivity index (χ1n) is 7.06. The number of nitrogens with zero attached hydrogens (tertiary/aromatic N) is 4. The summed E-state index contributed by atoms with van der Waals surface area (Å²) in [5.41, 5.74) is 2.49. The van der Waals surface area contributed by atoms with Crippen molar-refractivity contribution in [3.63, 3.8) is 0 Å². The van der Waals surface area contributed by atoms with Gasteiger partial charge in [0, 0.05) is 32.2 Å². The molecule has 1 fully saturated rings. The van der Waals surface area contributed by atoms with Gasteiger partial charge in [0.2, 0.25) is 17.8 Å². The zero-order chi connectivity index (χ0) is 14.4. The Labute approximate surface area is 119 Å². The van der Waals surface area contributed by atoms with Crippen molar-refractivity contribution in [3.05, 3.63) is 0 Å². The molecule has 8 heteroatoms. The van der Waals surface area contributed by atoms with E-state index in [1.54, 1.807) is 0 Å². The molecule has 8 nitrogen and oxygen atoms in total. The molecule has 2 rings (SSSR count). The molecule has 1 aromatic heterocycles. The molecule has 2 heterocycles. The van der Waals surface area contributed by atoms with Crippen molar-refractivity contribution in [1.29, 1.82) is 0 Å². The van der Waals surface area contributed by atoms with Crippen LogP contribution < -0.4 is 21.5 Å². The van der Waals surface area contributed by atoms with Crippen molar-refractivity contribution in [3.8, 4) is 0 Å². The third kappa shape index (κ3) is 3.67. The molecule has 0 radical (unpaired) electrons. The highest BCUT2D eigenvalue weighted by Gasteiger charge is 2.16. The van der Waals surface area contributed by atoms with Crippen LogP contribution in [0.1, 0.15) is 20.3 Å². The molecule has 0 bridgehead atoms. The highest BCUT2D eigenvalue weighted by Crippen LogP contribution is 2.15. The fraction of sp³-hybridized carbons (Fsp3) is 0.750. The Balaban J connectivity index is 2.08. The summed E-state index contributed by atoms with van der Waals surface area (Å²) in [7, 11) is 0. The van der Waals surface area contributed by atoms with Gasteiger partial charge in [-0.2, -0.15) is 15.0 Å². The Kier molecular flexibility index (Phi) is 5.31. The van der Waals surface area contributed by atoms with E-state index in [4.69, 9.17) is 10.6 Å². The number of aromatic nitrogens is 3. The molecule has 1 aliphatic rings. The molecule has 1 aliphatic heterocycles. The molecule has 1 atom stereocenters. The molecule has 0 aliphatic carbocycles. The molecular weight excluding hydrogens is 258 g/mol. The van der Waals surface area contributed by atoms with Gasteiger partial charge in [-0.25, -0.2) is 5.84 Å². The van der Waals surface area contributed by atoms with Crippen LogP contribution in [0.2, 0.25) is 0 Å². The van der Waals surface area contributed by atoms with Gasteiger partial charge in [-0.1, -0.05) is 0 Å². The Morgan fingerprint density at radius 3 is 2.60 bits per heavy atom. The summed E-state index contributed by atoms with van der Waals surface area (Å²) in [6.45, 7) is 8.22. The van der Waals surface area contributed by atoms with Gasteiger partial charge in [-0.05, 0) is 20.3 Å². The molecule has 20 heavy (non-hydrogen) atoms. The summed E-state index contributed by atoms with van der Waals surface area (Å²) in [5.74, 6) is 7.47. The highest BCUT2D eigenvalue weighted by atomic mass is 16.5. The molecule has 1 unspecified atom stereocenters. The van der Waals surface area contributed by atoms with Crippen LogP contribution in [0.4, 0.5) is 17.8 Å². The van der Waals surface area contributed by atoms with Crippen LogP contribution in [0, 0.1) is 5.92 Å². The van der Waals surface area contributed by atoms with Crippen LogP contribution in [0.5, 0.6) is 0 Å². The van der Waals surface area contributed by atoms with Gasteiger partial charge in [-0.3, -0.25) is 5.43 Å². The SMILES string of the molecule is CCN(CC)c1nc(NN)nc(NCC2CCOC2)n1. The number of hydrazine groups is 1. The lowest BCUT2D eigenvalue weighted by atomic mass is 10.1. The summed E-state index contributed by atoms with van der Waals surface area (Å²) in [6.07, 6.45) is 1.07. The molecule has 1 aromatic rings. The minimum Gasteiger partial charge on any atom is -0.381 e. The van der Waals surface area contributed by atoms with E-state index in [-0.39, 0.29) is 0 Å². The summed E-state index contributed by atoms with van der Waals surface area (Å²) in [6, 6.07) is 0. The summed E-state index contributed by atoms with van der Waals surface area (Å²) in [4.78, 5) is 15.0. The minimum atomic E-state index is 0.368. The van der Waals surface area contributed by atoms with Crippen LogP contribution in [0.25, 0.3) is 0 Å². The summed E-state index contributed by atoms with van der Waals surface area (Å²) in [5, 5.41) is 3.24. The lowest BCUT2D eigenvalue weighted by molar-refractivity contribution is 0.187. The van der Waals surface area contributed by atoms with Gasteiger partial charge in [0.15, 0.2) is 0 Å². The van der Waals surface area contributed by atoms with Crippen LogP contribution in [-0.2, 0) is 4.74 Å². The van der Waals surface area contributed by atoms with Crippen molar-refractivity contribution in [2.24, 2.45) is 11.8 Å². The molecular formula is C12H23N7O. The van der Waals surface area contributed by atoms with Crippen LogP contribution in [0.15, 0.2) is 0 Å². The lowest BCUT2D eigenvalue weighted by Crippen LogP contribution is -2.26. The van der Waals surface area contributed by atoms with Crippen molar-refractivity contribution in [2.45, 2.75) is 20.3 Å². The molecule has 0 amide bonds. The number of nitrogens with one attached hydrogen (secondary N) is 2. The first-order chi connectivity index (χ1) is 9.76. The van der Waals surface area contributed by atoms with E-state index in [0.717, 1.165) is 39.3 Å². The zero-order valence-electron chi connectivity index (χ0n) is 12.1. The second kappa shape index (κ2) is 7.20. The third-order valence-electron chi connectivity index (χ3n) is 3.37. The molecule has 0 spiro atoms. The predicted molar refractivity (Wildman–Crippen MR) is 78.6 cm³/mol. The largest absolute Gasteiger partial charge is 0.381 e. The van der Waals surface area contributed by atoms with Gasteiger partial charge in [0.05, 0.1) is 6.61 Å². The maximum Gasteiger partial charge on any atom is 0.243 e. The number of hydrogen-bond acceptors (Lipinski definition) is 8. The van der Waals surface area contributed by atoms with E-state index in [2.05, 4.69) is 39.5 Å². The van der Waals surface area contributed by atoms with Gasteiger partial charge in [0.25, 0.3) is 0 Å². The minimum absolute atomic E-state index is 0.368. The van der Waals surface area contributed by atoms with E-state index in [9.17, 15) is 0 Å². The van der Waals surface area contributed by atoms with E-state index in [1.807, 2.05) is 4.90 Å². The molecule has 0 aromatic carbocycles. The number of nitrogen functional groups attached to an aromatic ring is 1. The van der Waals surface area contributed by atoms with Gasteiger partial charge < -0.3 is 15.0 Å². The third-order valence-corrected chi connectivity index (χ3v) is 3.37. The van der Waals surface area contributed by atoms with E-state index in [1.165, 1.54) is 0 Å². The predicted octanol–water partition coefficient (Wildman–Crippen LogP) is 0.452. The summed E-state index contributed by atoms with van der Waals surface area (Å²) >= 11 is 0. The van der Waals surface area contributed by atoms with Gasteiger partial charge >= 0.3 is 0 Å². The van der Waals surface area contributed by atoms with Gasteiger partial charge in [0.1, 0.15) is 0 Å². The smallest absolute Gasteiger partial charge is 0.243 e. The van der Waals surface area contributed by atoms with Crippen molar-refractivity contribution >= 4 is 17.8 Å². The first kappa shape index (κ1) is 14.7. The Morgan fingerprint density at radius 2 is 2.00 bits per heavy atom. The number of hydrogen-bond donors (Lipinski definition) is 3. The molecule has 0 saturated carbocycles. The van der Waals surface area contributed by atoms with Crippen LogP contribution in [-0.4, -0.2) is 47.8 Å². The van der Waals surface area contributed by atoms with Crippen LogP contribution >= 0.6 is 0 Å². The molecule has 1 saturated heterocycles. The topological polar surface area (TPSA) is 101 Å². The zero-order valence-corrected chi connectivity index (χ0v) is 12.1. The van der Waals surface area contributed by atoms with Gasteiger partial charge in [-0.15, -0.1) is 0 Å². The maximum absolute atomic E-state index is 5.42. The van der Waals surface area contributed by atoms with Crippen molar-refractivity contribution in [1.82, 2.24) is 15.0 Å². The molecule has 4 N–H and O–H groups in total. The van der Waals surface area contributed by atoms with Crippen molar-refractivity contribution < 1.29 is 4.74 Å². The lowest BCUT2D eigenvalue weighted by Gasteiger charge is -2.19. The Morgan fingerprint density at radius 1 is 1.25 bits per heavy atom. The Hall–Kier alpha value is -1.67. The van der Waals surface area contributed by atoms with Crippen molar-refractivity contribution in [2.75, 3.05) is 48.5 Å². The fourth-order valence-electron chi connectivity index (χ4n) is 2.14. The Bertz CT molecular complexity index is 418. The quantitative estimate of drug-likeness (QED) is 0.489. The van der Waals surface area contributed by atoms with E-state index >= 15 is 0 Å². The van der Waals surface area contributed by atoms with Crippen LogP contribution in [0.3, 0.4) is 0 Å². The second-order valence-corrected chi connectivity index (χ2v) is 4.71. The fourth-order valence-corrected chi connectivity index (χ4v) is 2.14. The highest BCUT2D eigenvalue weighted by molar-refractivity contribution is 5.43. The molecule has 112 valence electrons. The standard InChI is InChI=1S/C12H23N7O/c1-3-19(4-2)12-16-10(15-11(17-12)18-13)14-7-9-5-6-20-8-9/h9H,3-8,13H2,1-2H3,(H2,14,15,16,17,18). The van der Waals surface area contributed by atoms with E-state index in [0.29, 0.717) is 23.8 Å². The number of nitrogens with two attached hydrogens (primary N) is 1. The monoisotopic (exact) mass is 281 g/mol. The number of ether oxygens (including phenoxy) is 1. The average Bonchev–Trinajstić information content (AvgIpc) is 2.99. The maximum atomic E-state index is 5.42. The number of anilines is 3. The summed E-state index contributed by atoms with van der Waals surface area (Å²) < 4.78 is 5.35. The van der Waals surface area contributed by atoms with E-state index < -0.39 is 0 Å². The first-order valence-corrected chi connectivity index (χ1v) is 7.06. The number of rotatable bonds is 7. The second-order valence-electron chi connectivity index (χ2n) is 4.71. The normalized spacial score (nSPS) is 18.1. The average molecular weight is 281 g/mol.